The highest BCUT2D eigenvalue weighted by atomic mass is 16.5. The average Bonchev–Trinajstić information content (AvgIpc) is 3.15. The molecule has 0 radical (unpaired) electrons. The zero-order valence-corrected chi connectivity index (χ0v) is 15.8. The summed E-state index contributed by atoms with van der Waals surface area (Å²) in [6.45, 7) is 0. The van der Waals surface area contributed by atoms with Gasteiger partial charge in [-0.25, -0.2) is 4.99 Å². The lowest BCUT2D eigenvalue weighted by Crippen LogP contribution is -2.50. The lowest BCUT2D eigenvalue weighted by molar-refractivity contribution is -0.0261. The molecule has 4 fully saturated rings. The topological polar surface area (TPSA) is 21.6 Å². The minimum atomic E-state index is 0.0107. The highest BCUT2D eigenvalue weighted by Gasteiger charge is 2.56. The van der Waals surface area contributed by atoms with Crippen molar-refractivity contribution in [3.63, 3.8) is 0 Å². The summed E-state index contributed by atoms with van der Waals surface area (Å²) in [6, 6.07) is 21.5. The van der Waals surface area contributed by atoms with Crippen molar-refractivity contribution in [3.8, 4) is 0 Å². The molecule has 4 aliphatic carbocycles. The van der Waals surface area contributed by atoms with E-state index in [1.165, 1.54) is 49.7 Å². The lowest BCUT2D eigenvalue weighted by atomic mass is 9.49. The number of hydrogen-bond donors (Lipinski definition) is 0. The number of rotatable bonds is 3. The van der Waals surface area contributed by atoms with Crippen molar-refractivity contribution in [2.45, 2.75) is 50.7 Å². The fourth-order valence-corrected chi connectivity index (χ4v) is 6.84. The van der Waals surface area contributed by atoms with E-state index in [2.05, 4.69) is 60.7 Å². The summed E-state index contributed by atoms with van der Waals surface area (Å²) in [5.41, 5.74) is 2.74. The summed E-state index contributed by atoms with van der Waals surface area (Å²) in [7, 11) is 0. The van der Waals surface area contributed by atoms with Crippen LogP contribution in [0.2, 0.25) is 0 Å². The van der Waals surface area contributed by atoms with Crippen molar-refractivity contribution in [2.24, 2.45) is 28.2 Å². The van der Waals surface area contributed by atoms with E-state index in [-0.39, 0.29) is 17.6 Å². The number of ether oxygens (including phenoxy) is 1. The minimum Gasteiger partial charge on any atom is -0.470 e. The van der Waals surface area contributed by atoms with Crippen molar-refractivity contribution >= 4 is 5.90 Å². The first-order valence-electron chi connectivity index (χ1n) is 10.6. The zero-order valence-electron chi connectivity index (χ0n) is 15.8. The molecular formula is C25H27NO. The molecule has 2 nitrogen and oxygen atoms in total. The van der Waals surface area contributed by atoms with Gasteiger partial charge in [-0.15, -0.1) is 0 Å². The van der Waals surface area contributed by atoms with E-state index in [0.29, 0.717) is 0 Å². The summed E-state index contributed by atoms with van der Waals surface area (Å²) in [4.78, 5) is 5.30. The van der Waals surface area contributed by atoms with Gasteiger partial charge in [0.25, 0.3) is 0 Å². The molecule has 0 aromatic heterocycles. The number of benzene rings is 2. The second-order valence-corrected chi connectivity index (χ2v) is 9.44. The van der Waals surface area contributed by atoms with Crippen molar-refractivity contribution in [3.05, 3.63) is 71.8 Å². The first-order chi connectivity index (χ1) is 13.3. The first-order valence-corrected chi connectivity index (χ1v) is 10.6. The molecule has 27 heavy (non-hydrogen) atoms. The SMILES string of the molecule is c1ccc([C@@H]2N=C(C34CC5CC(CC(C5)C3)C4)O[C@H]2c2ccccc2)cc1. The Bertz CT molecular complexity index is 821. The highest BCUT2D eigenvalue weighted by Crippen LogP contribution is 2.62. The maximum absolute atomic E-state index is 6.75. The smallest absolute Gasteiger partial charge is 0.191 e. The van der Waals surface area contributed by atoms with Gasteiger partial charge < -0.3 is 4.74 Å². The zero-order chi connectivity index (χ0) is 17.8. The Morgan fingerprint density at radius 3 is 1.78 bits per heavy atom. The molecule has 1 aliphatic heterocycles. The van der Waals surface area contributed by atoms with Crippen LogP contribution in [0.5, 0.6) is 0 Å². The van der Waals surface area contributed by atoms with Crippen molar-refractivity contribution in [1.82, 2.24) is 0 Å². The van der Waals surface area contributed by atoms with E-state index in [1.807, 2.05) is 0 Å². The van der Waals surface area contributed by atoms with Gasteiger partial charge in [-0.1, -0.05) is 60.7 Å². The third-order valence-corrected chi connectivity index (χ3v) is 7.54. The molecular weight excluding hydrogens is 330 g/mol. The van der Waals surface area contributed by atoms with Crippen LogP contribution >= 0.6 is 0 Å². The Hall–Kier alpha value is -2.09. The standard InChI is InChI=1S/C25H27NO/c1-3-7-20(8-4-1)22-23(21-9-5-2-6-10-21)27-24(26-22)25-14-17-11-18(15-25)13-19(12-17)16-25/h1-10,17-19,22-23H,11-16H2/t17?,18?,19?,22-,23-,25?/m0/s1. The van der Waals surface area contributed by atoms with Gasteiger partial charge in [0.1, 0.15) is 6.04 Å². The van der Waals surface area contributed by atoms with Gasteiger partial charge >= 0.3 is 0 Å². The van der Waals surface area contributed by atoms with Crippen molar-refractivity contribution < 1.29 is 4.74 Å². The van der Waals surface area contributed by atoms with Gasteiger partial charge in [-0.05, 0) is 67.4 Å². The fourth-order valence-electron chi connectivity index (χ4n) is 6.84. The summed E-state index contributed by atoms with van der Waals surface area (Å²) < 4.78 is 6.75. The number of aliphatic imine (C=N–C) groups is 1. The van der Waals surface area contributed by atoms with E-state index < -0.39 is 0 Å². The molecule has 0 N–H and O–H groups in total. The molecule has 2 atom stereocenters. The van der Waals surface area contributed by atoms with Crippen LogP contribution in [-0.4, -0.2) is 5.90 Å². The third kappa shape index (κ3) is 2.56. The van der Waals surface area contributed by atoms with Crippen LogP contribution in [0.1, 0.15) is 61.8 Å². The van der Waals surface area contributed by atoms with E-state index in [0.717, 1.165) is 23.7 Å². The second kappa shape index (κ2) is 5.95. The quantitative estimate of drug-likeness (QED) is 0.649. The predicted molar refractivity (Wildman–Crippen MR) is 107 cm³/mol. The molecule has 4 saturated carbocycles. The molecule has 0 spiro atoms. The Balaban J connectivity index is 1.40. The monoisotopic (exact) mass is 357 g/mol. The highest BCUT2D eigenvalue weighted by molar-refractivity contribution is 5.85. The Morgan fingerprint density at radius 2 is 1.22 bits per heavy atom. The Morgan fingerprint density at radius 1 is 0.704 bits per heavy atom. The number of hydrogen-bond acceptors (Lipinski definition) is 2. The van der Waals surface area contributed by atoms with Crippen molar-refractivity contribution in [1.29, 1.82) is 0 Å². The minimum absolute atomic E-state index is 0.0107. The van der Waals surface area contributed by atoms with Gasteiger partial charge in [0.2, 0.25) is 0 Å². The van der Waals surface area contributed by atoms with Gasteiger partial charge in [0, 0.05) is 5.41 Å². The van der Waals surface area contributed by atoms with Gasteiger partial charge in [-0.3, -0.25) is 0 Å². The van der Waals surface area contributed by atoms with Gasteiger partial charge in [0.15, 0.2) is 12.0 Å². The lowest BCUT2D eigenvalue weighted by Gasteiger charge is -2.56. The predicted octanol–water partition coefficient (Wildman–Crippen LogP) is 6.11. The summed E-state index contributed by atoms with van der Waals surface area (Å²) in [6.07, 6.45) is 8.30. The van der Waals surface area contributed by atoms with E-state index in [9.17, 15) is 0 Å². The molecule has 0 unspecified atom stereocenters. The van der Waals surface area contributed by atoms with E-state index in [1.54, 1.807) is 0 Å². The van der Waals surface area contributed by atoms with Crippen LogP contribution in [0.3, 0.4) is 0 Å². The van der Waals surface area contributed by atoms with Crippen LogP contribution < -0.4 is 0 Å². The molecule has 2 aromatic carbocycles. The molecule has 4 bridgehead atoms. The van der Waals surface area contributed by atoms with Crippen LogP contribution in [0.15, 0.2) is 65.7 Å². The Labute approximate surface area is 161 Å². The normalized spacial score (nSPS) is 39.3. The summed E-state index contributed by atoms with van der Waals surface area (Å²) >= 11 is 0. The molecule has 0 saturated heterocycles. The van der Waals surface area contributed by atoms with Gasteiger partial charge in [0.05, 0.1) is 0 Å². The van der Waals surface area contributed by atoms with Crippen LogP contribution in [0, 0.1) is 23.2 Å². The molecule has 0 amide bonds. The van der Waals surface area contributed by atoms with Crippen molar-refractivity contribution in [2.75, 3.05) is 0 Å². The second-order valence-electron chi connectivity index (χ2n) is 9.44. The van der Waals surface area contributed by atoms with Crippen LogP contribution in [0.4, 0.5) is 0 Å². The molecule has 2 heteroatoms. The molecule has 1 heterocycles. The Kier molecular flexibility index (Phi) is 3.51. The number of nitrogens with zero attached hydrogens (tertiary/aromatic N) is 1. The summed E-state index contributed by atoms with van der Waals surface area (Å²) in [5, 5.41) is 0. The third-order valence-electron chi connectivity index (χ3n) is 7.54. The average molecular weight is 357 g/mol. The van der Waals surface area contributed by atoms with E-state index in [4.69, 9.17) is 9.73 Å². The summed E-state index contributed by atoms with van der Waals surface area (Å²) in [5.74, 6) is 3.82. The first kappa shape index (κ1) is 15.9. The maximum atomic E-state index is 6.75. The molecule has 2 aromatic rings. The van der Waals surface area contributed by atoms with Gasteiger partial charge in [-0.2, -0.15) is 0 Å². The van der Waals surface area contributed by atoms with Crippen LogP contribution in [-0.2, 0) is 4.74 Å². The fraction of sp³-hybridized carbons (Fsp3) is 0.480. The molecule has 138 valence electrons. The van der Waals surface area contributed by atoms with Crippen LogP contribution in [0.25, 0.3) is 0 Å². The van der Waals surface area contributed by atoms with E-state index >= 15 is 0 Å². The maximum Gasteiger partial charge on any atom is 0.191 e. The largest absolute Gasteiger partial charge is 0.470 e. The molecule has 7 rings (SSSR count). The molecule has 5 aliphatic rings.